The minimum atomic E-state index is -4.05. The number of urea groups is 1. The Bertz CT molecular complexity index is 1260. The minimum absolute atomic E-state index is 0.0338. The zero-order valence-electron chi connectivity index (χ0n) is 19.1. The lowest BCUT2D eigenvalue weighted by atomic mass is 9.95. The summed E-state index contributed by atoms with van der Waals surface area (Å²) in [6.45, 7) is 3.08. The molecule has 1 heterocycles. The number of sulfone groups is 1. The lowest BCUT2D eigenvalue weighted by Gasteiger charge is -2.29. The third kappa shape index (κ3) is 5.14. The van der Waals surface area contributed by atoms with Gasteiger partial charge >= 0.3 is 12.0 Å². The van der Waals surface area contributed by atoms with Crippen LogP contribution in [0.5, 0.6) is 11.5 Å². The van der Waals surface area contributed by atoms with Gasteiger partial charge in [-0.05, 0) is 55.3 Å². The Morgan fingerprint density at radius 1 is 1.09 bits per heavy atom. The molecule has 2 N–H and O–H groups in total. The number of ether oxygens (including phenoxy) is 3. The van der Waals surface area contributed by atoms with Crippen LogP contribution in [0.3, 0.4) is 0 Å². The molecular formula is C23H25FN2O7S. The Hall–Kier alpha value is -3.60. The number of aryl methyl sites for hydroxylation is 1. The third-order valence-electron chi connectivity index (χ3n) is 5.21. The second-order valence-electron chi connectivity index (χ2n) is 7.43. The minimum Gasteiger partial charge on any atom is -0.493 e. The fraction of sp³-hybridized carbons (Fsp3) is 0.304. The van der Waals surface area contributed by atoms with Crippen molar-refractivity contribution >= 4 is 21.8 Å². The van der Waals surface area contributed by atoms with E-state index in [4.69, 9.17) is 14.2 Å². The molecule has 3 rings (SSSR count). The predicted octanol–water partition coefficient (Wildman–Crippen LogP) is 2.80. The summed E-state index contributed by atoms with van der Waals surface area (Å²) < 4.78 is 55.6. The van der Waals surface area contributed by atoms with E-state index in [1.165, 1.54) is 27.2 Å². The largest absolute Gasteiger partial charge is 0.493 e. The molecule has 0 radical (unpaired) electrons. The summed E-state index contributed by atoms with van der Waals surface area (Å²) in [5, 5.41) is 5.06. The molecule has 1 aliphatic heterocycles. The molecule has 0 saturated carbocycles. The van der Waals surface area contributed by atoms with Crippen LogP contribution in [0.1, 0.15) is 24.1 Å². The van der Waals surface area contributed by atoms with Crippen LogP contribution < -0.4 is 20.1 Å². The van der Waals surface area contributed by atoms with E-state index in [-0.39, 0.29) is 28.3 Å². The van der Waals surface area contributed by atoms with E-state index in [2.05, 4.69) is 10.6 Å². The monoisotopic (exact) mass is 492 g/mol. The first-order chi connectivity index (χ1) is 16.1. The molecule has 11 heteroatoms. The van der Waals surface area contributed by atoms with Gasteiger partial charge in [0.1, 0.15) is 5.82 Å². The van der Waals surface area contributed by atoms with Crippen LogP contribution in [-0.2, 0) is 19.4 Å². The first kappa shape index (κ1) is 25.0. The predicted molar refractivity (Wildman–Crippen MR) is 121 cm³/mol. The highest BCUT2D eigenvalue weighted by molar-refractivity contribution is 7.91. The van der Waals surface area contributed by atoms with Crippen molar-refractivity contribution in [3.05, 3.63) is 64.6 Å². The van der Waals surface area contributed by atoms with Crippen LogP contribution in [0, 0.1) is 12.7 Å². The van der Waals surface area contributed by atoms with Crippen LogP contribution in [0.15, 0.2) is 52.6 Å². The molecule has 1 aliphatic rings. The lowest BCUT2D eigenvalue weighted by Crippen LogP contribution is -2.47. The average molecular weight is 493 g/mol. The first-order valence-electron chi connectivity index (χ1n) is 10.3. The second-order valence-corrected chi connectivity index (χ2v) is 9.42. The number of hydrogen-bond acceptors (Lipinski definition) is 7. The lowest BCUT2D eigenvalue weighted by molar-refractivity contribution is -0.139. The third-order valence-corrected chi connectivity index (χ3v) is 6.85. The number of methoxy groups -OCH3 is 2. The molecular weight excluding hydrogens is 467 g/mol. The molecule has 2 amide bonds. The number of esters is 1. The molecule has 0 bridgehead atoms. The highest BCUT2D eigenvalue weighted by atomic mass is 32.2. The standard InChI is InChI=1S/C23H25FN2O7S/c1-5-33-22(27)20-17(12-34(29,30)15-7-8-16(24)13(2)10-15)25-23(28)26-21(20)14-6-9-18(31-3)19(11-14)32-4/h6-11,21H,5,12H2,1-4H3,(H2,25,26,28). The number of amides is 2. The van der Waals surface area contributed by atoms with Crippen LogP contribution >= 0.6 is 0 Å². The fourth-order valence-electron chi connectivity index (χ4n) is 3.55. The van der Waals surface area contributed by atoms with Crippen LogP contribution in [0.25, 0.3) is 0 Å². The normalized spacial score (nSPS) is 15.9. The zero-order chi connectivity index (χ0) is 25.0. The van der Waals surface area contributed by atoms with Crippen molar-refractivity contribution in [2.24, 2.45) is 0 Å². The zero-order valence-corrected chi connectivity index (χ0v) is 19.9. The van der Waals surface area contributed by atoms with Crippen molar-refractivity contribution in [2.45, 2.75) is 24.8 Å². The number of halogens is 1. The summed E-state index contributed by atoms with van der Waals surface area (Å²) in [6.07, 6.45) is 0. The van der Waals surface area contributed by atoms with Gasteiger partial charge in [0.2, 0.25) is 0 Å². The molecule has 0 aliphatic carbocycles. The Labute approximate surface area is 196 Å². The van der Waals surface area contributed by atoms with Crippen molar-refractivity contribution in [3.8, 4) is 11.5 Å². The number of carbonyl (C=O) groups excluding carboxylic acids is 2. The van der Waals surface area contributed by atoms with Gasteiger partial charge in [-0.1, -0.05) is 6.07 Å². The second kappa shape index (κ2) is 10.1. The molecule has 0 fully saturated rings. The average Bonchev–Trinajstić information content (AvgIpc) is 2.79. The summed E-state index contributed by atoms with van der Waals surface area (Å²) in [4.78, 5) is 25.3. The number of benzene rings is 2. The highest BCUT2D eigenvalue weighted by Gasteiger charge is 2.36. The maximum absolute atomic E-state index is 13.7. The van der Waals surface area contributed by atoms with Crippen LogP contribution in [0.2, 0.25) is 0 Å². The van der Waals surface area contributed by atoms with Gasteiger partial charge < -0.3 is 24.8 Å². The number of hydrogen-bond donors (Lipinski definition) is 2. The number of rotatable bonds is 8. The molecule has 182 valence electrons. The van der Waals surface area contributed by atoms with E-state index in [1.807, 2.05) is 0 Å². The molecule has 2 aromatic rings. The summed E-state index contributed by atoms with van der Waals surface area (Å²) in [5.74, 6) is -1.26. The van der Waals surface area contributed by atoms with Crippen molar-refractivity contribution in [1.82, 2.24) is 10.6 Å². The maximum Gasteiger partial charge on any atom is 0.338 e. The maximum atomic E-state index is 13.7. The van der Waals surface area contributed by atoms with E-state index in [0.29, 0.717) is 17.1 Å². The highest BCUT2D eigenvalue weighted by Crippen LogP contribution is 2.35. The van der Waals surface area contributed by atoms with E-state index in [9.17, 15) is 22.4 Å². The van der Waals surface area contributed by atoms with Gasteiger partial charge in [-0.2, -0.15) is 0 Å². The van der Waals surface area contributed by atoms with Crippen molar-refractivity contribution in [2.75, 3.05) is 26.6 Å². The molecule has 2 aromatic carbocycles. The Kier molecular flexibility index (Phi) is 7.45. The van der Waals surface area contributed by atoms with Crippen molar-refractivity contribution in [1.29, 1.82) is 0 Å². The molecule has 0 saturated heterocycles. The van der Waals surface area contributed by atoms with Gasteiger partial charge in [0.15, 0.2) is 21.3 Å². The smallest absolute Gasteiger partial charge is 0.338 e. The Morgan fingerprint density at radius 3 is 2.41 bits per heavy atom. The van der Waals surface area contributed by atoms with Gasteiger partial charge in [-0.3, -0.25) is 0 Å². The van der Waals surface area contributed by atoms with Gasteiger partial charge in [-0.25, -0.2) is 22.4 Å². The molecule has 34 heavy (non-hydrogen) atoms. The summed E-state index contributed by atoms with van der Waals surface area (Å²) >= 11 is 0. The summed E-state index contributed by atoms with van der Waals surface area (Å²) in [7, 11) is -1.15. The first-order valence-corrected chi connectivity index (χ1v) is 11.9. The van der Waals surface area contributed by atoms with Crippen LogP contribution in [0.4, 0.5) is 9.18 Å². The summed E-state index contributed by atoms with van der Waals surface area (Å²) in [5.41, 5.74) is 0.390. The summed E-state index contributed by atoms with van der Waals surface area (Å²) in [6, 6.07) is 6.46. The molecule has 0 spiro atoms. The van der Waals surface area contributed by atoms with E-state index < -0.39 is 39.4 Å². The van der Waals surface area contributed by atoms with E-state index >= 15 is 0 Å². The molecule has 1 unspecified atom stereocenters. The quantitative estimate of drug-likeness (QED) is 0.429. The topological polar surface area (TPSA) is 120 Å². The SMILES string of the molecule is CCOC(=O)C1=C(CS(=O)(=O)c2ccc(F)c(C)c2)NC(=O)NC1c1ccc(OC)c(OC)c1. The molecule has 9 nitrogen and oxygen atoms in total. The van der Waals surface area contributed by atoms with Gasteiger partial charge in [-0.15, -0.1) is 0 Å². The van der Waals surface area contributed by atoms with E-state index in [0.717, 1.165) is 12.1 Å². The van der Waals surface area contributed by atoms with Gasteiger partial charge in [0, 0.05) is 5.70 Å². The molecule has 1 atom stereocenters. The fourth-order valence-corrected chi connectivity index (χ4v) is 4.95. The molecule has 0 aromatic heterocycles. The van der Waals surface area contributed by atoms with Gasteiger partial charge in [0.25, 0.3) is 0 Å². The van der Waals surface area contributed by atoms with Crippen LogP contribution in [-0.4, -0.2) is 47.0 Å². The van der Waals surface area contributed by atoms with Gasteiger partial charge in [0.05, 0.1) is 43.1 Å². The Balaban J connectivity index is 2.13. The van der Waals surface area contributed by atoms with Crippen molar-refractivity contribution in [3.63, 3.8) is 0 Å². The number of nitrogens with one attached hydrogen (secondary N) is 2. The van der Waals surface area contributed by atoms with E-state index in [1.54, 1.807) is 25.1 Å². The Morgan fingerprint density at radius 2 is 1.79 bits per heavy atom. The number of carbonyl (C=O) groups is 2. The van der Waals surface area contributed by atoms with Crippen molar-refractivity contribution < 1.29 is 36.6 Å².